The van der Waals surface area contributed by atoms with E-state index in [1.165, 1.54) is 19.1 Å². The van der Waals surface area contributed by atoms with E-state index in [0.29, 0.717) is 11.4 Å². The largest absolute Gasteiger partial charge is 0.506 e. The molecule has 0 fully saturated rings. The number of nitrogens with two attached hydrogens (primary N) is 1. The molecule has 72 valence electrons. The number of hydrogen-bond acceptors (Lipinski definition) is 3. The molecular formula is C8H11ClN2O2. The number of amides is 1. The van der Waals surface area contributed by atoms with Crippen molar-refractivity contribution in [1.82, 2.24) is 0 Å². The number of nitrogen functional groups attached to an aromatic ring is 1. The first-order valence-corrected chi connectivity index (χ1v) is 3.45. The maximum absolute atomic E-state index is 10.6. The molecule has 0 aliphatic rings. The molecule has 0 unspecified atom stereocenters. The number of nitrogens with one attached hydrogen (secondary N) is 1. The fourth-order valence-electron chi connectivity index (χ4n) is 0.843. The van der Waals surface area contributed by atoms with E-state index in [0.717, 1.165) is 0 Å². The van der Waals surface area contributed by atoms with Gasteiger partial charge in [0.2, 0.25) is 5.91 Å². The lowest BCUT2D eigenvalue weighted by Gasteiger charge is -2.04. The maximum atomic E-state index is 10.6. The Hall–Kier alpha value is -1.42. The van der Waals surface area contributed by atoms with Crippen molar-refractivity contribution in [3.05, 3.63) is 18.2 Å². The summed E-state index contributed by atoms with van der Waals surface area (Å²) in [6, 6.07) is 4.48. The molecule has 0 bridgehead atoms. The number of phenolic OH excluding ortho intramolecular Hbond substituents is 1. The fraction of sp³-hybridized carbons (Fsp3) is 0.125. The minimum absolute atomic E-state index is 0. The number of carbonyl (C=O) groups is 1. The van der Waals surface area contributed by atoms with Crippen LogP contribution in [0.4, 0.5) is 11.4 Å². The normalized spacial score (nSPS) is 8.69. The van der Waals surface area contributed by atoms with Crippen LogP contribution < -0.4 is 11.1 Å². The Labute approximate surface area is 82.2 Å². The molecule has 1 amide bonds. The quantitative estimate of drug-likeness (QED) is 0.366. The van der Waals surface area contributed by atoms with Gasteiger partial charge >= 0.3 is 0 Å². The van der Waals surface area contributed by atoms with Gasteiger partial charge in [0.1, 0.15) is 5.75 Å². The lowest BCUT2D eigenvalue weighted by molar-refractivity contribution is -0.114. The van der Waals surface area contributed by atoms with Crippen LogP contribution in [0, 0.1) is 0 Å². The van der Waals surface area contributed by atoms with Gasteiger partial charge in [-0.1, -0.05) is 0 Å². The van der Waals surface area contributed by atoms with Gasteiger partial charge < -0.3 is 16.2 Å². The summed E-state index contributed by atoms with van der Waals surface area (Å²) in [7, 11) is 0. The molecule has 1 aromatic rings. The average Bonchev–Trinajstić information content (AvgIpc) is 1.96. The van der Waals surface area contributed by atoms with E-state index in [-0.39, 0.29) is 24.1 Å². The van der Waals surface area contributed by atoms with E-state index in [2.05, 4.69) is 5.32 Å². The lowest BCUT2D eigenvalue weighted by atomic mass is 10.2. The second-order valence-corrected chi connectivity index (χ2v) is 2.46. The molecule has 0 saturated carbocycles. The van der Waals surface area contributed by atoms with Gasteiger partial charge in [-0.15, -0.1) is 12.4 Å². The third-order valence-electron chi connectivity index (χ3n) is 1.33. The van der Waals surface area contributed by atoms with Crippen LogP contribution in [0.15, 0.2) is 18.2 Å². The number of benzene rings is 1. The van der Waals surface area contributed by atoms with Crippen molar-refractivity contribution in [2.45, 2.75) is 6.92 Å². The van der Waals surface area contributed by atoms with E-state index < -0.39 is 0 Å². The Balaban J connectivity index is 0.00000144. The van der Waals surface area contributed by atoms with Crippen LogP contribution in [-0.2, 0) is 4.79 Å². The number of phenols is 1. The van der Waals surface area contributed by atoms with Crippen LogP contribution in [-0.4, -0.2) is 11.0 Å². The van der Waals surface area contributed by atoms with Crippen molar-refractivity contribution < 1.29 is 9.90 Å². The van der Waals surface area contributed by atoms with Crippen LogP contribution in [0.2, 0.25) is 0 Å². The van der Waals surface area contributed by atoms with Crippen molar-refractivity contribution in [3.8, 4) is 5.75 Å². The first-order valence-electron chi connectivity index (χ1n) is 3.45. The molecule has 0 saturated heterocycles. The molecule has 4 nitrogen and oxygen atoms in total. The summed E-state index contributed by atoms with van der Waals surface area (Å²) in [5, 5.41) is 11.7. The highest BCUT2D eigenvalue weighted by Gasteiger charge is 2.01. The fourth-order valence-corrected chi connectivity index (χ4v) is 0.843. The molecule has 0 spiro atoms. The first-order chi connectivity index (χ1) is 5.59. The van der Waals surface area contributed by atoms with Crippen LogP contribution in [0.25, 0.3) is 0 Å². The summed E-state index contributed by atoms with van der Waals surface area (Å²) in [6.45, 7) is 1.36. The van der Waals surface area contributed by atoms with Gasteiger partial charge in [0, 0.05) is 12.6 Å². The Morgan fingerprint density at radius 1 is 1.54 bits per heavy atom. The zero-order valence-corrected chi connectivity index (χ0v) is 7.89. The third-order valence-corrected chi connectivity index (χ3v) is 1.33. The summed E-state index contributed by atoms with van der Waals surface area (Å²) < 4.78 is 0. The van der Waals surface area contributed by atoms with Crippen molar-refractivity contribution >= 4 is 29.7 Å². The highest BCUT2D eigenvalue weighted by Crippen LogP contribution is 2.24. The Bertz CT molecular complexity index is 315. The second-order valence-electron chi connectivity index (χ2n) is 2.46. The van der Waals surface area contributed by atoms with Gasteiger partial charge in [-0.05, 0) is 18.2 Å². The molecule has 0 radical (unpaired) electrons. The predicted octanol–water partition coefficient (Wildman–Crippen LogP) is 1.35. The van der Waals surface area contributed by atoms with Crippen LogP contribution in [0.5, 0.6) is 5.75 Å². The van der Waals surface area contributed by atoms with Crippen molar-refractivity contribution in [3.63, 3.8) is 0 Å². The van der Waals surface area contributed by atoms with Gasteiger partial charge in [-0.2, -0.15) is 0 Å². The second kappa shape index (κ2) is 4.57. The Morgan fingerprint density at radius 3 is 2.69 bits per heavy atom. The van der Waals surface area contributed by atoms with Gasteiger partial charge in [0.15, 0.2) is 0 Å². The van der Waals surface area contributed by atoms with E-state index in [1.54, 1.807) is 6.07 Å². The molecule has 1 aromatic carbocycles. The van der Waals surface area contributed by atoms with E-state index in [4.69, 9.17) is 5.73 Å². The topological polar surface area (TPSA) is 75.4 Å². The predicted molar refractivity (Wildman–Crippen MR) is 54.1 cm³/mol. The van der Waals surface area contributed by atoms with Crippen LogP contribution in [0.3, 0.4) is 0 Å². The molecule has 0 atom stereocenters. The zero-order valence-electron chi connectivity index (χ0n) is 7.07. The summed E-state index contributed by atoms with van der Waals surface area (Å²) in [5.41, 5.74) is 6.27. The molecule has 13 heavy (non-hydrogen) atoms. The number of aromatic hydroxyl groups is 1. The smallest absolute Gasteiger partial charge is 0.221 e. The summed E-state index contributed by atoms with van der Waals surface area (Å²) in [4.78, 5) is 10.6. The van der Waals surface area contributed by atoms with Crippen molar-refractivity contribution in [1.29, 1.82) is 0 Å². The molecule has 0 aliphatic heterocycles. The standard InChI is InChI=1S/C8H10N2O2.ClH/c1-5(11)10-7-4-6(9)2-3-8(7)12;/h2-4,12H,9H2,1H3,(H,10,11);1H. The monoisotopic (exact) mass is 202 g/mol. The molecule has 1 rings (SSSR count). The number of rotatable bonds is 1. The van der Waals surface area contributed by atoms with Gasteiger partial charge in [0.05, 0.1) is 5.69 Å². The molecule has 0 aromatic heterocycles. The minimum atomic E-state index is -0.240. The Kier molecular flexibility index (Phi) is 4.07. The highest BCUT2D eigenvalue weighted by atomic mass is 35.5. The summed E-state index contributed by atoms with van der Waals surface area (Å²) in [6.07, 6.45) is 0. The van der Waals surface area contributed by atoms with Crippen LogP contribution in [0.1, 0.15) is 6.92 Å². The first kappa shape index (κ1) is 11.6. The zero-order chi connectivity index (χ0) is 9.14. The lowest BCUT2D eigenvalue weighted by Crippen LogP contribution is -2.06. The number of halogens is 1. The summed E-state index contributed by atoms with van der Waals surface area (Å²) in [5.74, 6) is -0.227. The SMILES string of the molecule is CC(=O)Nc1cc(N)ccc1O.Cl. The van der Waals surface area contributed by atoms with E-state index in [9.17, 15) is 9.90 Å². The number of hydrogen-bond donors (Lipinski definition) is 3. The highest BCUT2D eigenvalue weighted by molar-refractivity contribution is 5.90. The van der Waals surface area contributed by atoms with Crippen molar-refractivity contribution in [2.24, 2.45) is 0 Å². The maximum Gasteiger partial charge on any atom is 0.221 e. The molecule has 0 heterocycles. The molecule has 4 N–H and O–H groups in total. The summed E-state index contributed by atoms with van der Waals surface area (Å²) >= 11 is 0. The average molecular weight is 203 g/mol. The van der Waals surface area contributed by atoms with E-state index >= 15 is 0 Å². The molecular weight excluding hydrogens is 192 g/mol. The third kappa shape index (κ3) is 3.21. The number of carbonyl (C=O) groups excluding carboxylic acids is 1. The van der Waals surface area contributed by atoms with Crippen molar-refractivity contribution in [2.75, 3.05) is 11.1 Å². The molecule has 5 heteroatoms. The Morgan fingerprint density at radius 2 is 2.15 bits per heavy atom. The van der Waals surface area contributed by atoms with Crippen LogP contribution >= 0.6 is 12.4 Å². The minimum Gasteiger partial charge on any atom is -0.506 e. The van der Waals surface area contributed by atoms with E-state index in [1.807, 2.05) is 0 Å². The number of anilines is 2. The van der Waals surface area contributed by atoms with Gasteiger partial charge in [0.25, 0.3) is 0 Å². The molecule has 0 aliphatic carbocycles. The van der Waals surface area contributed by atoms with Gasteiger partial charge in [-0.3, -0.25) is 4.79 Å². The van der Waals surface area contributed by atoms with Gasteiger partial charge in [-0.25, -0.2) is 0 Å².